The van der Waals surface area contributed by atoms with E-state index in [0.717, 1.165) is 25.0 Å². The van der Waals surface area contributed by atoms with E-state index in [4.69, 9.17) is 10.2 Å². The molecule has 1 aliphatic carbocycles. The van der Waals surface area contributed by atoms with Gasteiger partial charge in [-0.1, -0.05) is 0 Å². The summed E-state index contributed by atoms with van der Waals surface area (Å²) >= 11 is 0. The maximum atomic E-state index is 5.95. The molecule has 1 heterocycles. The van der Waals surface area contributed by atoms with Gasteiger partial charge < -0.3 is 10.2 Å². The van der Waals surface area contributed by atoms with Crippen LogP contribution in [0.15, 0.2) is 16.7 Å². The van der Waals surface area contributed by atoms with Crippen LogP contribution >= 0.6 is 0 Å². The second-order valence-electron chi connectivity index (χ2n) is 3.57. The van der Waals surface area contributed by atoms with Gasteiger partial charge in [0.1, 0.15) is 5.76 Å². The zero-order valence-electron chi connectivity index (χ0n) is 6.76. The average molecular weight is 151 g/mol. The van der Waals surface area contributed by atoms with E-state index < -0.39 is 0 Å². The van der Waals surface area contributed by atoms with Crippen molar-refractivity contribution in [2.24, 2.45) is 5.73 Å². The van der Waals surface area contributed by atoms with E-state index in [0.29, 0.717) is 0 Å². The Balaban J connectivity index is 2.12. The van der Waals surface area contributed by atoms with Gasteiger partial charge in [-0.2, -0.15) is 0 Å². The van der Waals surface area contributed by atoms with Gasteiger partial charge in [0.15, 0.2) is 0 Å². The fourth-order valence-electron chi connectivity index (χ4n) is 1.24. The lowest BCUT2D eigenvalue weighted by atomic mass is 10.1. The molecular formula is C9H13NO. The van der Waals surface area contributed by atoms with Gasteiger partial charge in [0.25, 0.3) is 0 Å². The van der Waals surface area contributed by atoms with Crippen LogP contribution < -0.4 is 5.73 Å². The van der Waals surface area contributed by atoms with Gasteiger partial charge in [-0.05, 0) is 31.4 Å². The zero-order chi connectivity index (χ0) is 7.90. The second-order valence-corrected chi connectivity index (χ2v) is 3.57. The highest BCUT2D eigenvalue weighted by atomic mass is 16.3. The SMILES string of the molecule is Cc1ccoc1CC1(N)CC1. The Labute approximate surface area is 66.4 Å². The molecule has 1 fully saturated rings. The van der Waals surface area contributed by atoms with Gasteiger partial charge in [0.2, 0.25) is 0 Å². The molecule has 1 aromatic heterocycles. The molecule has 0 unspecified atom stereocenters. The molecule has 0 aromatic carbocycles. The Hall–Kier alpha value is -0.760. The molecule has 0 atom stereocenters. The largest absolute Gasteiger partial charge is 0.469 e. The van der Waals surface area contributed by atoms with Gasteiger partial charge in [-0.15, -0.1) is 0 Å². The average Bonchev–Trinajstić information content (AvgIpc) is 2.54. The smallest absolute Gasteiger partial charge is 0.108 e. The van der Waals surface area contributed by atoms with Crippen molar-refractivity contribution in [3.8, 4) is 0 Å². The van der Waals surface area contributed by atoms with Crippen LogP contribution in [0.3, 0.4) is 0 Å². The van der Waals surface area contributed by atoms with E-state index in [9.17, 15) is 0 Å². The first-order valence-corrected chi connectivity index (χ1v) is 4.01. The highest BCUT2D eigenvalue weighted by Crippen LogP contribution is 2.36. The lowest BCUT2D eigenvalue weighted by Gasteiger charge is -2.05. The van der Waals surface area contributed by atoms with Gasteiger partial charge in [0.05, 0.1) is 6.26 Å². The van der Waals surface area contributed by atoms with E-state index >= 15 is 0 Å². The van der Waals surface area contributed by atoms with E-state index in [1.54, 1.807) is 6.26 Å². The van der Waals surface area contributed by atoms with Crippen molar-refractivity contribution in [2.75, 3.05) is 0 Å². The summed E-state index contributed by atoms with van der Waals surface area (Å²) in [5.74, 6) is 1.06. The molecule has 0 amide bonds. The minimum atomic E-state index is 0.0720. The summed E-state index contributed by atoms with van der Waals surface area (Å²) in [5.41, 5.74) is 7.24. The lowest BCUT2D eigenvalue weighted by Crippen LogP contribution is -2.24. The predicted molar refractivity (Wildman–Crippen MR) is 43.3 cm³/mol. The summed E-state index contributed by atoms with van der Waals surface area (Å²) in [6, 6.07) is 1.99. The van der Waals surface area contributed by atoms with Crippen LogP contribution in [0, 0.1) is 6.92 Å². The number of aryl methyl sites for hydroxylation is 1. The van der Waals surface area contributed by atoms with Crippen molar-refractivity contribution in [2.45, 2.75) is 31.7 Å². The van der Waals surface area contributed by atoms with E-state index in [-0.39, 0.29) is 5.54 Å². The lowest BCUT2D eigenvalue weighted by molar-refractivity contribution is 0.476. The minimum Gasteiger partial charge on any atom is -0.469 e. The Morgan fingerprint density at radius 2 is 2.36 bits per heavy atom. The number of hydrogen-bond donors (Lipinski definition) is 1. The van der Waals surface area contributed by atoms with Crippen LogP contribution in [-0.2, 0) is 6.42 Å². The molecule has 2 N–H and O–H groups in total. The highest BCUT2D eigenvalue weighted by molar-refractivity contribution is 5.19. The molecule has 2 heteroatoms. The quantitative estimate of drug-likeness (QED) is 0.697. The van der Waals surface area contributed by atoms with Crippen molar-refractivity contribution in [1.82, 2.24) is 0 Å². The molecule has 60 valence electrons. The standard InChI is InChI=1S/C9H13NO/c1-7-2-5-11-8(7)6-9(10)3-4-9/h2,5H,3-4,6,10H2,1H3. The van der Waals surface area contributed by atoms with E-state index in [2.05, 4.69) is 6.92 Å². The Morgan fingerprint density at radius 1 is 1.64 bits per heavy atom. The van der Waals surface area contributed by atoms with Crippen LogP contribution in [0.2, 0.25) is 0 Å². The summed E-state index contributed by atoms with van der Waals surface area (Å²) in [6.07, 6.45) is 4.93. The van der Waals surface area contributed by atoms with E-state index in [1.807, 2.05) is 6.07 Å². The molecule has 1 aliphatic rings. The molecule has 0 spiro atoms. The fraction of sp³-hybridized carbons (Fsp3) is 0.556. The van der Waals surface area contributed by atoms with Gasteiger partial charge >= 0.3 is 0 Å². The third-order valence-corrected chi connectivity index (χ3v) is 2.37. The summed E-state index contributed by atoms with van der Waals surface area (Å²) in [7, 11) is 0. The molecule has 0 radical (unpaired) electrons. The van der Waals surface area contributed by atoms with Crippen LogP contribution in [0.4, 0.5) is 0 Å². The molecule has 1 saturated carbocycles. The second kappa shape index (κ2) is 2.11. The molecule has 0 aliphatic heterocycles. The molecule has 1 aromatic rings. The number of hydrogen-bond acceptors (Lipinski definition) is 2. The molecule has 0 saturated heterocycles. The first kappa shape index (κ1) is 6.92. The molecule has 11 heavy (non-hydrogen) atoms. The van der Waals surface area contributed by atoms with Crippen molar-refractivity contribution in [1.29, 1.82) is 0 Å². The predicted octanol–water partition coefficient (Wildman–Crippen LogP) is 1.62. The fourth-order valence-corrected chi connectivity index (χ4v) is 1.24. The summed E-state index contributed by atoms with van der Waals surface area (Å²) in [6.45, 7) is 2.06. The van der Waals surface area contributed by atoms with Gasteiger partial charge in [-0.25, -0.2) is 0 Å². The maximum Gasteiger partial charge on any atom is 0.108 e. The third kappa shape index (κ3) is 1.31. The topological polar surface area (TPSA) is 39.2 Å². The Kier molecular flexibility index (Phi) is 1.33. The Bertz CT molecular complexity index is 260. The number of nitrogens with two attached hydrogens (primary N) is 1. The summed E-state index contributed by atoms with van der Waals surface area (Å²) < 4.78 is 5.30. The first-order chi connectivity index (χ1) is 5.20. The molecule has 2 rings (SSSR count). The zero-order valence-corrected chi connectivity index (χ0v) is 6.76. The maximum absolute atomic E-state index is 5.95. The van der Waals surface area contributed by atoms with Crippen molar-refractivity contribution < 1.29 is 4.42 Å². The first-order valence-electron chi connectivity index (χ1n) is 4.01. The van der Waals surface area contributed by atoms with E-state index in [1.165, 1.54) is 5.56 Å². The summed E-state index contributed by atoms with van der Waals surface area (Å²) in [5, 5.41) is 0. The van der Waals surface area contributed by atoms with Crippen LogP contribution in [0.1, 0.15) is 24.2 Å². The monoisotopic (exact) mass is 151 g/mol. The summed E-state index contributed by atoms with van der Waals surface area (Å²) in [4.78, 5) is 0. The van der Waals surface area contributed by atoms with Crippen molar-refractivity contribution >= 4 is 0 Å². The van der Waals surface area contributed by atoms with Crippen LogP contribution in [0.5, 0.6) is 0 Å². The minimum absolute atomic E-state index is 0.0720. The molecular weight excluding hydrogens is 138 g/mol. The van der Waals surface area contributed by atoms with Crippen molar-refractivity contribution in [3.05, 3.63) is 23.7 Å². The molecule has 2 nitrogen and oxygen atoms in total. The van der Waals surface area contributed by atoms with Gasteiger partial charge in [0, 0.05) is 12.0 Å². The third-order valence-electron chi connectivity index (χ3n) is 2.37. The highest BCUT2D eigenvalue weighted by Gasteiger charge is 2.39. The van der Waals surface area contributed by atoms with Crippen LogP contribution in [-0.4, -0.2) is 5.54 Å². The van der Waals surface area contributed by atoms with Crippen molar-refractivity contribution in [3.63, 3.8) is 0 Å². The molecule has 0 bridgehead atoms. The Morgan fingerprint density at radius 3 is 2.82 bits per heavy atom. The number of rotatable bonds is 2. The normalized spacial score (nSPS) is 20.2. The number of furan rings is 1. The van der Waals surface area contributed by atoms with Crippen LogP contribution in [0.25, 0.3) is 0 Å². The van der Waals surface area contributed by atoms with Gasteiger partial charge in [-0.3, -0.25) is 0 Å².